The van der Waals surface area contributed by atoms with Crippen LogP contribution < -0.4 is 0 Å². The Kier molecular flexibility index (Phi) is 12.1. The standard InChI is InChI=1S/C18H39Si/c1-7-10-16(4)13-19(14-17(5)11-8-2)15-18(6)12-9-3/h16-18H,7-15H2,1-6H3. The van der Waals surface area contributed by atoms with Crippen LogP contribution in [0.15, 0.2) is 0 Å². The molecule has 0 saturated heterocycles. The van der Waals surface area contributed by atoms with Crippen molar-refractivity contribution in [3.63, 3.8) is 0 Å². The second kappa shape index (κ2) is 12.0. The molecule has 19 heavy (non-hydrogen) atoms. The monoisotopic (exact) mass is 283 g/mol. The van der Waals surface area contributed by atoms with Crippen LogP contribution in [0.2, 0.25) is 18.1 Å². The molecule has 0 aromatic heterocycles. The van der Waals surface area contributed by atoms with Crippen LogP contribution in [-0.4, -0.2) is 8.80 Å². The number of hydrogen-bond donors (Lipinski definition) is 0. The lowest BCUT2D eigenvalue weighted by molar-refractivity contribution is 0.528. The fraction of sp³-hybridized carbons (Fsp3) is 1.00. The molecule has 0 spiro atoms. The highest BCUT2D eigenvalue weighted by atomic mass is 28.3. The molecule has 1 radical (unpaired) electrons. The van der Waals surface area contributed by atoms with Gasteiger partial charge in [-0.3, -0.25) is 0 Å². The molecule has 0 bridgehead atoms. The second-order valence-electron chi connectivity index (χ2n) is 7.04. The maximum Gasteiger partial charge on any atom is 0.0487 e. The zero-order chi connectivity index (χ0) is 14.7. The molecule has 0 aliphatic heterocycles. The van der Waals surface area contributed by atoms with Crippen molar-refractivity contribution in [2.75, 3.05) is 0 Å². The first kappa shape index (κ1) is 19.2. The van der Waals surface area contributed by atoms with Gasteiger partial charge in [-0.15, -0.1) is 0 Å². The van der Waals surface area contributed by atoms with Gasteiger partial charge in [-0.2, -0.15) is 0 Å². The third-order valence-corrected chi connectivity index (χ3v) is 8.08. The minimum atomic E-state index is -0.108. The van der Waals surface area contributed by atoms with Crippen LogP contribution >= 0.6 is 0 Å². The van der Waals surface area contributed by atoms with E-state index < -0.39 is 0 Å². The van der Waals surface area contributed by atoms with Crippen molar-refractivity contribution in [3.8, 4) is 0 Å². The summed E-state index contributed by atoms with van der Waals surface area (Å²) in [6.07, 6.45) is 8.43. The topological polar surface area (TPSA) is 0 Å². The Labute approximate surface area is 125 Å². The molecule has 0 aliphatic carbocycles. The lowest BCUT2D eigenvalue weighted by Crippen LogP contribution is -2.22. The second-order valence-corrected chi connectivity index (χ2v) is 9.77. The number of hydrogen-bond acceptors (Lipinski definition) is 0. The highest BCUT2D eigenvalue weighted by Crippen LogP contribution is 2.27. The fourth-order valence-electron chi connectivity index (χ4n) is 3.51. The van der Waals surface area contributed by atoms with Crippen LogP contribution in [-0.2, 0) is 0 Å². The van der Waals surface area contributed by atoms with E-state index in [4.69, 9.17) is 0 Å². The average molecular weight is 284 g/mol. The van der Waals surface area contributed by atoms with Crippen molar-refractivity contribution in [2.24, 2.45) is 17.8 Å². The molecule has 0 heterocycles. The van der Waals surface area contributed by atoms with Crippen molar-refractivity contribution in [1.82, 2.24) is 0 Å². The molecule has 1 heteroatoms. The molecule has 3 unspecified atom stereocenters. The molecule has 0 N–H and O–H groups in total. The van der Waals surface area contributed by atoms with Gasteiger partial charge in [0.1, 0.15) is 0 Å². The molecular formula is C18H39Si. The van der Waals surface area contributed by atoms with Crippen LogP contribution in [0.1, 0.15) is 80.1 Å². The van der Waals surface area contributed by atoms with Gasteiger partial charge in [0.2, 0.25) is 0 Å². The third-order valence-electron chi connectivity index (χ3n) is 4.26. The van der Waals surface area contributed by atoms with E-state index in [0.717, 1.165) is 17.8 Å². The molecule has 0 nitrogen and oxygen atoms in total. The Morgan fingerprint density at radius 2 is 0.842 bits per heavy atom. The molecule has 0 rings (SSSR count). The smallest absolute Gasteiger partial charge is 0.0487 e. The van der Waals surface area contributed by atoms with Crippen LogP contribution in [0.25, 0.3) is 0 Å². The van der Waals surface area contributed by atoms with Crippen LogP contribution in [0.4, 0.5) is 0 Å². The van der Waals surface area contributed by atoms with Crippen molar-refractivity contribution < 1.29 is 0 Å². The maximum absolute atomic E-state index is 2.49. The SMILES string of the molecule is CCCC(C)C[Si](CC(C)CCC)CC(C)CCC. The van der Waals surface area contributed by atoms with E-state index in [1.165, 1.54) is 38.5 Å². The molecule has 0 aromatic carbocycles. The van der Waals surface area contributed by atoms with Gasteiger partial charge in [-0.25, -0.2) is 0 Å². The third kappa shape index (κ3) is 10.6. The Balaban J connectivity index is 4.28. The molecule has 0 saturated carbocycles. The predicted octanol–water partition coefficient (Wildman–Crippen LogP) is 6.79. The summed E-state index contributed by atoms with van der Waals surface area (Å²) in [5.41, 5.74) is 0. The molecule has 0 amide bonds. The van der Waals surface area contributed by atoms with Crippen molar-refractivity contribution in [2.45, 2.75) is 98.2 Å². The van der Waals surface area contributed by atoms with Gasteiger partial charge < -0.3 is 0 Å². The van der Waals surface area contributed by atoms with Crippen LogP contribution in [0.5, 0.6) is 0 Å². The first-order chi connectivity index (χ1) is 9.03. The minimum absolute atomic E-state index is 0.108. The molecule has 115 valence electrons. The lowest BCUT2D eigenvalue weighted by atomic mass is 10.1. The van der Waals surface area contributed by atoms with E-state index in [1.54, 1.807) is 18.1 Å². The molecule has 0 fully saturated rings. The van der Waals surface area contributed by atoms with Gasteiger partial charge in [0.05, 0.1) is 0 Å². The summed E-state index contributed by atoms with van der Waals surface area (Å²) >= 11 is 0. The van der Waals surface area contributed by atoms with E-state index in [2.05, 4.69) is 41.5 Å². The Morgan fingerprint density at radius 3 is 1.05 bits per heavy atom. The molecular weight excluding hydrogens is 244 g/mol. The fourth-order valence-corrected chi connectivity index (χ4v) is 7.58. The summed E-state index contributed by atoms with van der Waals surface area (Å²) in [4.78, 5) is 0. The maximum atomic E-state index is 2.49. The van der Waals surface area contributed by atoms with E-state index in [0.29, 0.717) is 0 Å². The molecule has 3 atom stereocenters. The number of rotatable bonds is 12. The van der Waals surface area contributed by atoms with Gasteiger partial charge in [-0.05, 0) is 17.8 Å². The lowest BCUT2D eigenvalue weighted by Gasteiger charge is -2.25. The normalized spacial score (nSPS) is 16.6. The predicted molar refractivity (Wildman–Crippen MR) is 92.4 cm³/mol. The quantitative estimate of drug-likeness (QED) is 0.346. The highest BCUT2D eigenvalue weighted by molar-refractivity contribution is 6.59. The highest BCUT2D eigenvalue weighted by Gasteiger charge is 2.20. The Bertz CT molecular complexity index is 157. The zero-order valence-electron chi connectivity index (χ0n) is 14.6. The van der Waals surface area contributed by atoms with Crippen molar-refractivity contribution >= 4 is 8.80 Å². The van der Waals surface area contributed by atoms with Crippen molar-refractivity contribution in [3.05, 3.63) is 0 Å². The van der Waals surface area contributed by atoms with Crippen molar-refractivity contribution in [1.29, 1.82) is 0 Å². The zero-order valence-corrected chi connectivity index (χ0v) is 15.6. The van der Waals surface area contributed by atoms with Crippen LogP contribution in [0, 0.1) is 17.8 Å². The average Bonchev–Trinajstić information content (AvgIpc) is 2.29. The summed E-state index contributed by atoms with van der Waals surface area (Å²) < 4.78 is 0. The summed E-state index contributed by atoms with van der Waals surface area (Å²) in [6, 6.07) is 4.71. The summed E-state index contributed by atoms with van der Waals surface area (Å²) in [7, 11) is -0.108. The largest absolute Gasteiger partial charge is 0.0654 e. The summed E-state index contributed by atoms with van der Waals surface area (Å²) in [6.45, 7) is 14.5. The van der Waals surface area contributed by atoms with E-state index in [-0.39, 0.29) is 8.80 Å². The van der Waals surface area contributed by atoms with Gasteiger partial charge in [0.15, 0.2) is 0 Å². The van der Waals surface area contributed by atoms with E-state index >= 15 is 0 Å². The van der Waals surface area contributed by atoms with Gasteiger partial charge in [0.25, 0.3) is 0 Å². The van der Waals surface area contributed by atoms with E-state index in [1.807, 2.05) is 0 Å². The molecule has 0 aromatic rings. The van der Waals surface area contributed by atoms with Gasteiger partial charge in [-0.1, -0.05) is 98.2 Å². The Hall–Kier alpha value is 0.217. The Morgan fingerprint density at radius 1 is 0.579 bits per heavy atom. The first-order valence-electron chi connectivity index (χ1n) is 8.86. The van der Waals surface area contributed by atoms with Gasteiger partial charge in [0, 0.05) is 8.80 Å². The minimum Gasteiger partial charge on any atom is -0.0654 e. The summed E-state index contributed by atoms with van der Waals surface area (Å²) in [5, 5.41) is 0. The van der Waals surface area contributed by atoms with Gasteiger partial charge >= 0.3 is 0 Å². The van der Waals surface area contributed by atoms with E-state index in [9.17, 15) is 0 Å². The summed E-state index contributed by atoms with van der Waals surface area (Å²) in [5.74, 6) is 2.92. The van der Waals surface area contributed by atoms with Crippen LogP contribution in [0.3, 0.4) is 0 Å². The first-order valence-corrected chi connectivity index (χ1v) is 11.0. The molecule has 0 aliphatic rings.